The molecule has 0 saturated carbocycles. The number of carbonyl (C=O) groups is 2. The second-order valence-electron chi connectivity index (χ2n) is 6.54. The highest BCUT2D eigenvalue weighted by Crippen LogP contribution is 2.26. The number of likely N-dealkylation sites (tertiary alicyclic amines) is 1. The normalized spacial score (nSPS) is 14.2. The van der Waals surface area contributed by atoms with Crippen LogP contribution in [0.5, 0.6) is 0 Å². The maximum absolute atomic E-state index is 12.7. The van der Waals surface area contributed by atoms with E-state index < -0.39 is 0 Å². The number of nitrogens with zero attached hydrogens (tertiary/aromatic N) is 5. The van der Waals surface area contributed by atoms with Gasteiger partial charge in [-0.3, -0.25) is 14.6 Å². The fourth-order valence-corrected chi connectivity index (χ4v) is 3.51. The minimum Gasteiger partial charge on any atom is -0.343 e. The molecule has 0 aromatic carbocycles. The van der Waals surface area contributed by atoms with Crippen LogP contribution in [0.1, 0.15) is 39.0 Å². The number of carbonyl (C=O) groups excluding carboxylic acids is 2. The Balaban J connectivity index is 1.66. The molecule has 1 fully saturated rings. The van der Waals surface area contributed by atoms with Crippen molar-refractivity contribution in [2.24, 2.45) is 0 Å². The largest absolute Gasteiger partial charge is 0.343 e. The molecule has 2 amide bonds. The molecule has 0 bridgehead atoms. The van der Waals surface area contributed by atoms with Gasteiger partial charge in [-0.1, -0.05) is 11.6 Å². The molecule has 3 heterocycles. The van der Waals surface area contributed by atoms with E-state index in [0.29, 0.717) is 12.2 Å². The van der Waals surface area contributed by atoms with Gasteiger partial charge in [0, 0.05) is 38.7 Å². The first kappa shape index (κ1) is 19.4. The molecule has 1 aliphatic heterocycles. The summed E-state index contributed by atoms with van der Waals surface area (Å²) in [4.78, 5) is 32.5. The van der Waals surface area contributed by atoms with Crippen LogP contribution in [0, 0.1) is 0 Å². The summed E-state index contributed by atoms with van der Waals surface area (Å²) in [6, 6.07) is 3.66. The van der Waals surface area contributed by atoms with Gasteiger partial charge in [0.15, 0.2) is 5.15 Å². The molecule has 2 aromatic heterocycles. The van der Waals surface area contributed by atoms with Crippen molar-refractivity contribution in [1.29, 1.82) is 0 Å². The Morgan fingerprint density at radius 3 is 2.67 bits per heavy atom. The first-order chi connectivity index (χ1) is 13.1. The van der Waals surface area contributed by atoms with E-state index in [4.69, 9.17) is 11.6 Å². The van der Waals surface area contributed by atoms with Crippen LogP contribution in [0.2, 0.25) is 5.15 Å². The summed E-state index contributed by atoms with van der Waals surface area (Å²) in [5.41, 5.74) is 1.30. The van der Waals surface area contributed by atoms with Gasteiger partial charge < -0.3 is 9.80 Å². The summed E-state index contributed by atoms with van der Waals surface area (Å²) in [6.45, 7) is 3.93. The van der Waals surface area contributed by atoms with Crippen LogP contribution in [-0.2, 0) is 9.59 Å². The van der Waals surface area contributed by atoms with E-state index in [1.54, 1.807) is 34.2 Å². The first-order valence-corrected chi connectivity index (χ1v) is 9.71. The van der Waals surface area contributed by atoms with Crippen LogP contribution in [0.25, 0.3) is 5.69 Å². The van der Waals surface area contributed by atoms with E-state index in [1.807, 2.05) is 17.9 Å². The lowest BCUT2D eigenvalue weighted by atomic mass is 10.1. The third kappa shape index (κ3) is 4.66. The third-order valence-electron chi connectivity index (χ3n) is 4.73. The van der Waals surface area contributed by atoms with Gasteiger partial charge in [0.05, 0.1) is 18.1 Å². The zero-order valence-electron chi connectivity index (χ0n) is 15.5. The zero-order valence-corrected chi connectivity index (χ0v) is 16.2. The molecule has 0 N–H and O–H groups in total. The molecule has 1 saturated heterocycles. The summed E-state index contributed by atoms with van der Waals surface area (Å²) < 4.78 is 1.60. The van der Waals surface area contributed by atoms with E-state index in [2.05, 4.69) is 10.1 Å². The first-order valence-electron chi connectivity index (χ1n) is 9.34. The predicted octanol–water partition coefficient (Wildman–Crippen LogP) is 3.07. The van der Waals surface area contributed by atoms with Crippen molar-refractivity contribution < 1.29 is 9.59 Å². The highest BCUT2D eigenvalue weighted by Gasteiger charge is 2.23. The average molecular weight is 390 g/mol. The number of pyridine rings is 1. The maximum Gasteiger partial charge on any atom is 0.227 e. The van der Waals surface area contributed by atoms with Crippen LogP contribution in [0.3, 0.4) is 0 Å². The summed E-state index contributed by atoms with van der Waals surface area (Å²) in [6.07, 6.45) is 8.72. The Morgan fingerprint density at radius 2 is 2.00 bits per heavy atom. The summed E-state index contributed by atoms with van der Waals surface area (Å²) in [7, 11) is 0. The molecule has 0 radical (unpaired) electrons. The van der Waals surface area contributed by atoms with Gasteiger partial charge in [-0.05, 0) is 38.3 Å². The van der Waals surface area contributed by atoms with Crippen molar-refractivity contribution in [2.45, 2.75) is 39.0 Å². The van der Waals surface area contributed by atoms with Gasteiger partial charge in [-0.15, -0.1) is 0 Å². The Hall–Kier alpha value is -2.41. The van der Waals surface area contributed by atoms with Crippen LogP contribution in [0.15, 0.2) is 30.7 Å². The number of halogens is 1. The van der Waals surface area contributed by atoms with Crippen LogP contribution < -0.4 is 4.90 Å². The van der Waals surface area contributed by atoms with Crippen LogP contribution >= 0.6 is 11.6 Å². The van der Waals surface area contributed by atoms with E-state index in [9.17, 15) is 9.59 Å². The van der Waals surface area contributed by atoms with Gasteiger partial charge >= 0.3 is 0 Å². The molecule has 3 rings (SSSR count). The van der Waals surface area contributed by atoms with Crippen molar-refractivity contribution in [1.82, 2.24) is 19.7 Å². The number of hydrogen-bond acceptors (Lipinski definition) is 4. The Morgan fingerprint density at radius 1 is 1.22 bits per heavy atom. The van der Waals surface area contributed by atoms with Gasteiger partial charge in [-0.2, -0.15) is 5.10 Å². The lowest BCUT2D eigenvalue weighted by molar-refractivity contribution is -0.133. The van der Waals surface area contributed by atoms with Crippen molar-refractivity contribution in [3.05, 3.63) is 35.9 Å². The minimum absolute atomic E-state index is 0.0521. The molecule has 0 atom stereocenters. The quantitative estimate of drug-likeness (QED) is 0.761. The van der Waals surface area contributed by atoms with Crippen molar-refractivity contribution in [3.8, 4) is 5.69 Å². The molecule has 0 unspecified atom stereocenters. The SMILES string of the molecule is CCN(C(=O)CCC(=O)N1CCCCC1)c1cn(-c2cccnc2)nc1Cl. The monoisotopic (exact) mass is 389 g/mol. The molecule has 144 valence electrons. The number of hydrogen-bond donors (Lipinski definition) is 0. The van der Waals surface area contributed by atoms with Crippen LogP contribution in [0.4, 0.5) is 5.69 Å². The molecule has 2 aromatic rings. The molecule has 7 nitrogen and oxygen atoms in total. The maximum atomic E-state index is 12.7. The fourth-order valence-electron chi connectivity index (χ4n) is 3.28. The van der Waals surface area contributed by atoms with E-state index >= 15 is 0 Å². The molecule has 0 aliphatic carbocycles. The third-order valence-corrected chi connectivity index (χ3v) is 5.00. The summed E-state index contributed by atoms with van der Waals surface area (Å²) >= 11 is 6.28. The Kier molecular flexibility index (Phi) is 6.45. The lowest BCUT2D eigenvalue weighted by Crippen LogP contribution is -2.37. The number of piperidine rings is 1. The van der Waals surface area contributed by atoms with Gasteiger partial charge in [0.25, 0.3) is 0 Å². The molecule has 8 heteroatoms. The summed E-state index contributed by atoms with van der Waals surface area (Å²) in [5.74, 6) is -0.0771. The number of aromatic nitrogens is 3. The van der Waals surface area contributed by atoms with Gasteiger partial charge in [-0.25, -0.2) is 4.68 Å². The molecular formula is C19H24ClN5O2. The topological polar surface area (TPSA) is 71.3 Å². The van der Waals surface area contributed by atoms with Gasteiger partial charge in [0.2, 0.25) is 11.8 Å². The summed E-state index contributed by atoms with van der Waals surface area (Å²) in [5, 5.41) is 4.52. The highest BCUT2D eigenvalue weighted by molar-refractivity contribution is 6.32. The van der Waals surface area contributed by atoms with Crippen molar-refractivity contribution in [2.75, 3.05) is 24.5 Å². The van der Waals surface area contributed by atoms with Gasteiger partial charge in [0.1, 0.15) is 5.69 Å². The molecule has 27 heavy (non-hydrogen) atoms. The van der Waals surface area contributed by atoms with Crippen molar-refractivity contribution in [3.63, 3.8) is 0 Å². The van der Waals surface area contributed by atoms with Crippen LogP contribution in [-0.4, -0.2) is 51.1 Å². The lowest BCUT2D eigenvalue weighted by Gasteiger charge is -2.27. The standard InChI is InChI=1S/C19H24ClN5O2/c1-2-24(18(27)9-8-17(26)23-11-4-3-5-12-23)16-14-25(22-19(16)20)15-7-6-10-21-13-15/h6-7,10,13-14H,2-5,8-9,11-12H2,1H3. The molecule has 1 aliphatic rings. The zero-order chi connectivity index (χ0) is 19.2. The van der Waals surface area contributed by atoms with E-state index in [1.165, 1.54) is 6.42 Å². The second kappa shape index (κ2) is 8.99. The minimum atomic E-state index is -0.129. The van der Waals surface area contributed by atoms with Crippen molar-refractivity contribution >= 4 is 29.1 Å². The molecular weight excluding hydrogens is 366 g/mol. The molecule has 0 spiro atoms. The van der Waals surface area contributed by atoms with E-state index in [0.717, 1.165) is 31.6 Å². The highest BCUT2D eigenvalue weighted by atomic mass is 35.5. The number of amides is 2. The average Bonchev–Trinajstić information content (AvgIpc) is 3.09. The second-order valence-corrected chi connectivity index (χ2v) is 6.90. The predicted molar refractivity (Wildman–Crippen MR) is 104 cm³/mol. The number of rotatable bonds is 6. The smallest absolute Gasteiger partial charge is 0.227 e. The van der Waals surface area contributed by atoms with E-state index in [-0.39, 0.29) is 29.8 Å². The Bertz CT molecular complexity index is 787. The fraction of sp³-hybridized carbons (Fsp3) is 0.474. The number of anilines is 1. The Labute approximate surface area is 163 Å².